The summed E-state index contributed by atoms with van der Waals surface area (Å²) in [5.41, 5.74) is 3.84. The lowest BCUT2D eigenvalue weighted by Gasteiger charge is -2.39. The number of amides is 2. The molecule has 29 heavy (non-hydrogen) atoms. The minimum absolute atomic E-state index is 0.0392. The highest BCUT2D eigenvalue weighted by atomic mass is 32.1. The molecule has 148 valence electrons. The van der Waals surface area contributed by atoms with Crippen molar-refractivity contribution in [3.8, 4) is 0 Å². The standard InChI is InChI=1S/C24H24N2O2S/c1-16-9-11-17(12-10-16)13-14-25-23(27)21-18-6-3-4-7-19(18)24(28)26(2)22(21)20-8-5-15-29-20/h3-12,15,21-22H,13-14H2,1-2H3,(H,25,27)/t21-,22+/m0/s1. The average Bonchev–Trinajstić information content (AvgIpc) is 3.26. The van der Waals surface area contributed by atoms with Crippen LogP contribution in [0.2, 0.25) is 0 Å². The van der Waals surface area contributed by atoms with Crippen molar-refractivity contribution in [1.82, 2.24) is 10.2 Å². The second-order valence-corrected chi connectivity index (χ2v) is 8.45. The van der Waals surface area contributed by atoms with Crippen molar-refractivity contribution in [3.05, 3.63) is 93.2 Å². The summed E-state index contributed by atoms with van der Waals surface area (Å²) in [5.74, 6) is -0.504. The highest BCUT2D eigenvalue weighted by molar-refractivity contribution is 7.10. The van der Waals surface area contributed by atoms with Crippen molar-refractivity contribution in [2.45, 2.75) is 25.3 Å². The van der Waals surface area contributed by atoms with Crippen LogP contribution in [0.5, 0.6) is 0 Å². The quantitative estimate of drug-likeness (QED) is 0.688. The number of fused-ring (bicyclic) bond motifs is 1. The van der Waals surface area contributed by atoms with Gasteiger partial charge in [0.25, 0.3) is 5.91 Å². The maximum Gasteiger partial charge on any atom is 0.254 e. The number of benzene rings is 2. The maximum absolute atomic E-state index is 13.3. The van der Waals surface area contributed by atoms with Gasteiger partial charge in [-0.25, -0.2) is 0 Å². The molecule has 0 spiro atoms. The second-order valence-electron chi connectivity index (χ2n) is 7.47. The fraction of sp³-hybridized carbons (Fsp3) is 0.250. The number of thiophene rings is 1. The zero-order valence-corrected chi connectivity index (χ0v) is 17.4. The van der Waals surface area contributed by atoms with Gasteiger partial charge in [-0.2, -0.15) is 0 Å². The van der Waals surface area contributed by atoms with Gasteiger partial charge < -0.3 is 10.2 Å². The van der Waals surface area contributed by atoms with Gasteiger partial charge in [0.05, 0.1) is 12.0 Å². The number of hydrogen-bond acceptors (Lipinski definition) is 3. The van der Waals surface area contributed by atoms with Crippen LogP contribution in [0, 0.1) is 6.92 Å². The summed E-state index contributed by atoms with van der Waals surface area (Å²) in [7, 11) is 1.79. The Balaban J connectivity index is 1.59. The Morgan fingerprint density at radius 1 is 1.07 bits per heavy atom. The number of likely N-dealkylation sites (N-methyl/N-ethyl adjacent to an activating group) is 1. The molecule has 2 atom stereocenters. The number of aryl methyl sites for hydroxylation is 1. The normalized spacial score (nSPS) is 18.4. The topological polar surface area (TPSA) is 49.4 Å². The Morgan fingerprint density at radius 2 is 1.83 bits per heavy atom. The second kappa shape index (κ2) is 8.21. The summed E-state index contributed by atoms with van der Waals surface area (Å²) in [5, 5.41) is 5.10. The lowest BCUT2D eigenvalue weighted by Crippen LogP contribution is -2.45. The molecule has 2 heterocycles. The van der Waals surface area contributed by atoms with Crippen LogP contribution >= 0.6 is 11.3 Å². The Morgan fingerprint density at radius 3 is 2.55 bits per heavy atom. The first kappa shape index (κ1) is 19.4. The largest absolute Gasteiger partial charge is 0.355 e. The molecule has 4 nitrogen and oxygen atoms in total. The molecule has 0 fully saturated rings. The predicted octanol–water partition coefficient (Wildman–Crippen LogP) is 4.33. The van der Waals surface area contributed by atoms with Gasteiger partial charge in [0.1, 0.15) is 0 Å². The summed E-state index contributed by atoms with van der Waals surface area (Å²) in [6.07, 6.45) is 0.777. The molecule has 5 heteroatoms. The van der Waals surface area contributed by atoms with E-state index in [0.717, 1.165) is 16.9 Å². The van der Waals surface area contributed by atoms with E-state index in [2.05, 4.69) is 36.5 Å². The van der Waals surface area contributed by atoms with E-state index in [4.69, 9.17) is 0 Å². The molecule has 0 saturated heterocycles. The van der Waals surface area contributed by atoms with Crippen LogP contribution in [0.1, 0.15) is 43.9 Å². The van der Waals surface area contributed by atoms with Crippen molar-refractivity contribution in [1.29, 1.82) is 0 Å². The third-order valence-corrected chi connectivity index (χ3v) is 6.47. The molecule has 0 unspecified atom stereocenters. The molecule has 1 aromatic heterocycles. The average molecular weight is 405 g/mol. The van der Waals surface area contributed by atoms with Crippen molar-refractivity contribution >= 4 is 23.2 Å². The highest BCUT2D eigenvalue weighted by Gasteiger charge is 2.42. The fourth-order valence-corrected chi connectivity index (χ4v) is 4.87. The Labute approximate surface area is 175 Å². The minimum atomic E-state index is -0.425. The van der Waals surface area contributed by atoms with Crippen LogP contribution in [0.4, 0.5) is 0 Å². The smallest absolute Gasteiger partial charge is 0.254 e. The van der Waals surface area contributed by atoms with Gasteiger partial charge in [-0.1, -0.05) is 54.1 Å². The lowest BCUT2D eigenvalue weighted by atomic mass is 9.81. The first-order valence-electron chi connectivity index (χ1n) is 9.79. The van der Waals surface area contributed by atoms with Gasteiger partial charge in [-0.05, 0) is 42.0 Å². The van der Waals surface area contributed by atoms with Gasteiger partial charge in [0.2, 0.25) is 5.91 Å². The SMILES string of the molecule is Cc1ccc(CCNC(=O)[C@H]2c3ccccc3C(=O)N(C)[C@@H]2c2cccs2)cc1. The number of rotatable bonds is 5. The van der Waals surface area contributed by atoms with E-state index >= 15 is 0 Å². The molecule has 4 rings (SSSR count). The van der Waals surface area contributed by atoms with Gasteiger partial charge >= 0.3 is 0 Å². The van der Waals surface area contributed by atoms with Crippen LogP contribution in [0.25, 0.3) is 0 Å². The van der Waals surface area contributed by atoms with E-state index in [1.54, 1.807) is 23.3 Å². The number of nitrogens with one attached hydrogen (secondary N) is 1. The fourth-order valence-electron chi connectivity index (χ4n) is 3.97. The summed E-state index contributed by atoms with van der Waals surface area (Å²) >= 11 is 1.58. The number of hydrogen-bond donors (Lipinski definition) is 1. The van der Waals surface area contributed by atoms with Crippen LogP contribution in [0.3, 0.4) is 0 Å². The maximum atomic E-state index is 13.3. The van der Waals surface area contributed by atoms with Crippen LogP contribution in [-0.2, 0) is 11.2 Å². The van der Waals surface area contributed by atoms with Crippen LogP contribution in [-0.4, -0.2) is 30.3 Å². The molecule has 0 saturated carbocycles. The number of carbonyl (C=O) groups excluding carboxylic acids is 2. The molecule has 3 aromatic rings. The van der Waals surface area contributed by atoms with E-state index in [9.17, 15) is 9.59 Å². The zero-order valence-electron chi connectivity index (χ0n) is 16.6. The Bertz CT molecular complexity index is 1010. The molecule has 2 amide bonds. The Hall–Kier alpha value is -2.92. The van der Waals surface area contributed by atoms with Gasteiger partial charge in [0.15, 0.2) is 0 Å². The van der Waals surface area contributed by atoms with Crippen molar-refractivity contribution in [3.63, 3.8) is 0 Å². The van der Waals surface area contributed by atoms with Crippen LogP contribution < -0.4 is 5.32 Å². The third-order valence-electron chi connectivity index (χ3n) is 5.53. The molecular weight excluding hydrogens is 380 g/mol. The van der Waals surface area contributed by atoms with Gasteiger partial charge in [-0.3, -0.25) is 9.59 Å². The van der Waals surface area contributed by atoms with E-state index in [1.807, 2.05) is 41.8 Å². The molecule has 0 radical (unpaired) electrons. The summed E-state index contributed by atoms with van der Waals surface area (Å²) in [6, 6.07) is 19.5. The molecule has 0 aliphatic carbocycles. The lowest BCUT2D eigenvalue weighted by molar-refractivity contribution is -0.124. The first-order chi connectivity index (χ1) is 14.1. The highest BCUT2D eigenvalue weighted by Crippen LogP contribution is 2.43. The van der Waals surface area contributed by atoms with Crippen molar-refractivity contribution in [2.24, 2.45) is 0 Å². The predicted molar refractivity (Wildman–Crippen MR) is 116 cm³/mol. The van der Waals surface area contributed by atoms with Crippen molar-refractivity contribution in [2.75, 3.05) is 13.6 Å². The number of nitrogens with zero attached hydrogens (tertiary/aromatic N) is 1. The molecular formula is C24H24N2O2S. The van der Waals surface area contributed by atoms with Crippen molar-refractivity contribution < 1.29 is 9.59 Å². The molecule has 2 aromatic carbocycles. The molecule has 1 aliphatic heterocycles. The first-order valence-corrected chi connectivity index (χ1v) is 10.7. The van der Waals surface area contributed by atoms with Gasteiger partial charge in [0, 0.05) is 24.0 Å². The summed E-state index contributed by atoms with van der Waals surface area (Å²) < 4.78 is 0. The minimum Gasteiger partial charge on any atom is -0.355 e. The van der Waals surface area contributed by atoms with Gasteiger partial charge in [-0.15, -0.1) is 11.3 Å². The Kier molecular flexibility index (Phi) is 5.49. The molecule has 1 aliphatic rings. The molecule has 1 N–H and O–H groups in total. The van der Waals surface area contributed by atoms with E-state index in [1.165, 1.54) is 11.1 Å². The monoisotopic (exact) mass is 404 g/mol. The molecule has 0 bridgehead atoms. The number of carbonyl (C=O) groups is 2. The van der Waals surface area contributed by atoms with Crippen LogP contribution in [0.15, 0.2) is 66.0 Å². The zero-order chi connectivity index (χ0) is 20.4. The van der Waals surface area contributed by atoms with E-state index in [0.29, 0.717) is 12.1 Å². The summed E-state index contributed by atoms with van der Waals surface area (Å²) in [6.45, 7) is 2.63. The van der Waals surface area contributed by atoms with E-state index < -0.39 is 5.92 Å². The summed E-state index contributed by atoms with van der Waals surface area (Å²) in [4.78, 5) is 29.0. The van der Waals surface area contributed by atoms with E-state index in [-0.39, 0.29) is 17.9 Å². The third kappa shape index (κ3) is 3.83.